The Bertz CT molecular complexity index is 252. The van der Waals surface area contributed by atoms with Gasteiger partial charge in [-0.25, -0.2) is 9.59 Å². The highest BCUT2D eigenvalue weighted by Crippen LogP contribution is 2.11. The second-order valence-corrected chi connectivity index (χ2v) is 6.01. The summed E-state index contributed by atoms with van der Waals surface area (Å²) in [5.74, 6) is -1.30. The predicted octanol–water partition coefficient (Wildman–Crippen LogP) is 1.13. The number of aliphatic hydroxyl groups excluding tert-OH is 1. The topological polar surface area (TPSA) is 72.8 Å². The SMILES string of the molecule is O=C(/C=C/C(=O)OCCC(Br)Br)OCCO. The van der Waals surface area contributed by atoms with Gasteiger partial charge in [0.2, 0.25) is 0 Å². The molecule has 0 aromatic rings. The predicted molar refractivity (Wildman–Crippen MR) is 64.4 cm³/mol. The molecule has 0 amide bonds. The summed E-state index contributed by atoms with van der Waals surface area (Å²) in [5.41, 5.74) is 0. The number of hydrogen-bond donors (Lipinski definition) is 1. The van der Waals surface area contributed by atoms with Crippen LogP contribution in [0.15, 0.2) is 12.2 Å². The summed E-state index contributed by atoms with van der Waals surface area (Å²) in [7, 11) is 0. The van der Waals surface area contributed by atoms with E-state index in [1.165, 1.54) is 0 Å². The molecule has 0 aliphatic carbocycles. The fourth-order valence-electron chi connectivity index (χ4n) is 0.627. The number of esters is 2. The fraction of sp³-hybridized carbons (Fsp3) is 0.556. The third kappa shape index (κ3) is 10.1. The first-order valence-electron chi connectivity index (χ1n) is 4.47. The number of hydrogen-bond acceptors (Lipinski definition) is 5. The average molecular weight is 360 g/mol. The van der Waals surface area contributed by atoms with Gasteiger partial charge in [0.05, 0.1) is 17.0 Å². The number of alkyl halides is 2. The number of carbonyl (C=O) groups excluding carboxylic acids is 2. The van der Waals surface area contributed by atoms with Crippen LogP contribution in [0.3, 0.4) is 0 Å². The summed E-state index contributed by atoms with van der Waals surface area (Å²) in [6.45, 7) is -0.0922. The molecule has 16 heavy (non-hydrogen) atoms. The van der Waals surface area contributed by atoms with Gasteiger partial charge in [-0.1, -0.05) is 31.9 Å². The molecule has 0 bridgehead atoms. The molecule has 0 aromatic heterocycles. The zero-order chi connectivity index (χ0) is 12.4. The van der Waals surface area contributed by atoms with Gasteiger partial charge in [0.25, 0.3) is 0 Å². The Morgan fingerprint density at radius 1 is 1.12 bits per heavy atom. The van der Waals surface area contributed by atoms with Crippen molar-refractivity contribution in [2.24, 2.45) is 0 Å². The molecule has 0 radical (unpaired) electrons. The Labute approximate surface area is 110 Å². The van der Waals surface area contributed by atoms with E-state index in [-0.39, 0.29) is 23.6 Å². The highest BCUT2D eigenvalue weighted by atomic mass is 79.9. The van der Waals surface area contributed by atoms with Crippen LogP contribution in [0.5, 0.6) is 0 Å². The Kier molecular flexibility index (Phi) is 9.55. The number of carbonyl (C=O) groups is 2. The first kappa shape index (κ1) is 15.6. The van der Waals surface area contributed by atoms with E-state index >= 15 is 0 Å². The molecule has 0 aliphatic heterocycles. The molecule has 0 fully saturated rings. The Hall–Kier alpha value is -0.400. The first-order valence-corrected chi connectivity index (χ1v) is 6.30. The van der Waals surface area contributed by atoms with Crippen molar-refractivity contribution < 1.29 is 24.2 Å². The van der Waals surface area contributed by atoms with Gasteiger partial charge < -0.3 is 14.6 Å². The van der Waals surface area contributed by atoms with Crippen molar-refractivity contribution in [1.82, 2.24) is 0 Å². The Morgan fingerprint density at radius 2 is 1.62 bits per heavy atom. The highest BCUT2D eigenvalue weighted by Gasteiger charge is 2.02. The summed E-state index contributed by atoms with van der Waals surface area (Å²) >= 11 is 6.45. The van der Waals surface area contributed by atoms with E-state index in [1.807, 2.05) is 0 Å². The van der Waals surface area contributed by atoms with Crippen molar-refractivity contribution in [3.63, 3.8) is 0 Å². The maximum Gasteiger partial charge on any atom is 0.331 e. The quantitative estimate of drug-likeness (QED) is 0.419. The van der Waals surface area contributed by atoms with Crippen LogP contribution in [0, 0.1) is 0 Å². The van der Waals surface area contributed by atoms with Crippen LogP contribution in [0.1, 0.15) is 6.42 Å². The van der Waals surface area contributed by atoms with Crippen molar-refractivity contribution in [3.8, 4) is 0 Å². The number of aliphatic hydroxyl groups is 1. The molecule has 0 atom stereocenters. The summed E-state index contributed by atoms with van der Waals surface area (Å²) in [5, 5.41) is 8.36. The summed E-state index contributed by atoms with van der Waals surface area (Å²) < 4.78 is 9.34. The van der Waals surface area contributed by atoms with Gasteiger partial charge in [-0.05, 0) is 0 Å². The van der Waals surface area contributed by atoms with Crippen molar-refractivity contribution >= 4 is 43.8 Å². The van der Waals surface area contributed by atoms with Crippen LogP contribution in [0.2, 0.25) is 0 Å². The van der Waals surface area contributed by atoms with Crippen LogP contribution in [-0.2, 0) is 19.1 Å². The van der Waals surface area contributed by atoms with Gasteiger partial charge in [-0.2, -0.15) is 0 Å². The molecule has 0 rings (SSSR count). The van der Waals surface area contributed by atoms with Crippen LogP contribution in [0.4, 0.5) is 0 Å². The van der Waals surface area contributed by atoms with Gasteiger partial charge in [0.15, 0.2) is 0 Å². The molecule has 0 aliphatic rings. The normalized spacial score (nSPS) is 10.8. The first-order chi connectivity index (χ1) is 7.56. The number of halogens is 2. The van der Waals surface area contributed by atoms with Gasteiger partial charge in [-0.3, -0.25) is 0 Å². The Balaban J connectivity index is 3.69. The van der Waals surface area contributed by atoms with Crippen LogP contribution < -0.4 is 0 Å². The molecule has 0 spiro atoms. The van der Waals surface area contributed by atoms with Crippen molar-refractivity contribution in [1.29, 1.82) is 0 Å². The van der Waals surface area contributed by atoms with Gasteiger partial charge >= 0.3 is 11.9 Å². The van der Waals surface area contributed by atoms with E-state index in [0.29, 0.717) is 6.42 Å². The van der Waals surface area contributed by atoms with Crippen molar-refractivity contribution in [2.45, 2.75) is 10.2 Å². The largest absolute Gasteiger partial charge is 0.462 e. The molecule has 92 valence electrons. The van der Waals surface area contributed by atoms with E-state index in [0.717, 1.165) is 12.2 Å². The smallest absolute Gasteiger partial charge is 0.331 e. The van der Waals surface area contributed by atoms with Gasteiger partial charge in [0.1, 0.15) is 6.61 Å². The number of rotatable bonds is 7. The minimum absolute atomic E-state index is 0.0892. The molecular formula is C9H12Br2O5. The zero-order valence-electron chi connectivity index (χ0n) is 8.40. The van der Waals surface area contributed by atoms with E-state index in [9.17, 15) is 9.59 Å². The molecule has 0 saturated carbocycles. The lowest BCUT2D eigenvalue weighted by Crippen LogP contribution is -2.08. The average Bonchev–Trinajstić information content (AvgIpc) is 2.23. The molecule has 0 saturated heterocycles. The molecule has 0 aromatic carbocycles. The third-order valence-electron chi connectivity index (χ3n) is 1.27. The summed E-state index contributed by atoms with van der Waals surface area (Å²) in [6, 6.07) is 0. The standard InChI is InChI=1S/C9H12Br2O5/c10-7(11)3-5-15-8(13)1-2-9(14)16-6-4-12/h1-2,7,12H,3-6H2/b2-1+. The monoisotopic (exact) mass is 358 g/mol. The van der Waals surface area contributed by atoms with Crippen LogP contribution in [-0.4, -0.2) is 40.6 Å². The minimum atomic E-state index is -0.690. The minimum Gasteiger partial charge on any atom is -0.462 e. The molecule has 7 heteroatoms. The van der Waals surface area contributed by atoms with E-state index < -0.39 is 11.9 Å². The maximum atomic E-state index is 11.0. The second-order valence-electron chi connectivity index (χ2n) is 2.57. The Morgan fingerprint density at radius 3 is 2.06 bits per heavy atom. The van der Waals surface area contributed by atoms with Crippen LogP contribution >= 0.6 is 31.9 Å². The lowest BCUT2D eigenvalue weighted by molar-refractivity contribution is -0.141. The number of ether oxygens (including phenoxy) is 2. The van der Waals surface area contributed by atoms with E-state index in [2.05, 4.69) is 36.6 Å². The molecule has 1 N–H and O–H groups in total. The maximum absolute atomic E-state index is 11.0. The fourth-order valence-corrected chi connectivity index (χ4v) is 1.00. The molecule has 0 heterocycles. The van der Waals surface area contributed by atoms with E-state index in [1.54, 1.807) is 0 Å². The van der Waals surface area contributed by atoms with Gasteiger partial charge in [-0.15, -0.1) is 0 Å². The van der Waals surface area contributed by atoms with Crippen molar-refractivity contribution in [3.05, 3.63) is 12.2 Å². The summed E-state index contributed by atoms with van der Waals surface area (Å²) in [4.78, 5) is 21.9. The second kappa shape index (κ2) is 9.80. The molecule has 0 unspecified atom stereocenters. The third-order valence-corrected chi connectivity index (χ3v) is 2.19. The summed E-state index contributed by atoms with van der Waals surface area (Å²) in [6.07, 6.45) is 2.56. The highest BCUT2D eigenvalue weighted by molar-refractivity contribution is 9.24. The van der Waals surface area contributed by atoms with Crippen molar-refractivity contribution in [2.75, 3.05) is 19.8 Å². The van der Waals surface area contributed by atoms with E-state index in [4.69, 9.17) is 9.84 Å². The lowest BCUT2D eigenvalue weighted by atomic mass is 10.5. The molecule has 5 nitrogen and oxygen atoms in total. The van der Waals surface area contributed by atoms with Gasteiger partial charge in [0, 0.05) is 18.6 Å². The lowest BCUT2D eigenvalue weighted by Gasteiger charge is -2.02. The molecular weight excluding hydrogens is 348 g/mol. The zero-order valence-corrected chi connectivity index (χ0v) is 11.6. The van der Waals surface area contributed by atoms with Crippen LogP contribution in [0.25, 0.3) is 0 Å².